The first-order valence-corrected chi connectivity index (χ1v) is 9.33. The summed E-state index contributed by atoms with van der Waals surface area (Å²) in [5, 5.41) is 9.73. The van der Waals surface area contributed by atoms with Gasteiger partial charge in [0.15, 0.2) is 0 Å². The van der Waals surface area contributed by atoms with E-state index >= 15 is 0 Å². The Balaban J connectivity index is 2.10. The standard InChI is InChI=1S/C21H30O5/c1-13(2)25-17-8-10-21(11-9-17,20(23)24)26-19(22)16(5)18-7-6-14(3)12-15(18)4/h6-7,12-13,16-17H,8-11H2,1-5H3,(H,23,24). The predicted octanol–water partition coefficient (Wildman–Crippen LogP) is 4.14. The van der Waals surface area contributed by atoms with Crippen molar-refractivity contribution in [2.75, 3.05) is 0 Å². The SMILES string of the molecule is Cc1ccc(C(C)C(=O)OC2(C(=O)O)CCC(OC(C)C)CC2)c(C)c1. The molecule has 1 aliphatic carbocycles. The summed E-state index contributed by atoms with van der Waals surface area (Å²) in [7, 11) is 0. The zero-order valence-electron chi connectivity index (χ0n) is 16.4. The maximum absolute atomic E-state index is 12.7. The number of carboxylic acids is 1. The molecule has 1 saturated carbocycles. The zero-order valence-corrected chi connectivity index (χ0v) is 16.4. The van der Waals surface area contributed by atoms with Gasteiger partial charge in [-0.15, -0.1) is 0 Å². The van der Waals surface area contributed by atoms with E-state index in [1.807, 2.05) is 45.9 Å². The fourth-order valence-electron chi connectivity index (χ4n) is 3.66. The molecule has 1 aromatic rings. The van der Waals surface area contributed by atoms with Crippen LogP contribution in [-0.2, 0) is 19.1 Å². The van der Waals surface area contributed by atoms with E-state index in [1.54, 1.807) is 6.92 Å². The number of aryl methyl sites for hydroxylation is 2. The van der Waals surface area contributed by atoms with Gasteiger partial charge in [-0.3, -0.25) is 4.79 Å². The molecule has 1 aliphatic rings. The van der Waals surface area contributed by atoms with Crippen molar-refractivity contribution in [2.45, 2.75) is 84.0 Å². The van der Waals surface area contributed by atoms with Gasteiger partial charge in [0.05, 0.1) is 18.1 Å². The van der Waals surface area contributed by atoms with Crippen molar-refractivity contribution < 1.29 is 24.2 Å². The Kier molecular flexibility index (Phi) is 6.45. The number of hydrogen-bond acceptors (Lipinski definition) is 4. The molecular weight excluding hydrogens is 332 g/mol. The highest BCUT2D eigenvalue weighted by molar-refractivity contribution is 5.85. The van der Waals surface area contributed by atoms with Crippen molar-refractivity contribution in [3.05, 3.63) is 34.9 Å². The highest BCUT2D eigenvalue weighted by Gasteiger charge is 2.46. The van der Waals surface area contributed by atoms with Gasteiger partial charge in [0.1, 0.15) is 0 Å². The van der Waals surface area contributed by atoms with E-state index in [1.165, 1.54) is 0 Å². The molecule has 5 nitrogen and oxygen atoms in total. The fraction of sp³-hybridized carbons (Fsp3) is 0.619. The number of carbonyl (C=O) groups is 2. The Bertz CT molecular complexity index is 656. The maximum atomic E-state index is 12.7. The Morgan fingerprint density at radius 3 is 2.27 bits per heavy atom. The quantitative estimate of drug-likeness (QED) is 0.770. The molecular formula is C21H30O5. The summed E-state index contributed by atoms with van der Waals surface area (Å²) >= 11 is 0. The third-order valence-corrected chi connectivity index (χ3v) is 5.14. The molecule has 1 fully saturated rings. The van der Waals surface area contributed by atoms with Crippen LogP contribution < -0.4 is 0 Å². The summed E-state index contributed by atoms with van der Waals surface area (Å²) in [5.74, 6) is -2.05. The molecule has 144 valence electrons. The average molecular weight is 362 g/mol. The van der Waals surface area contributed by atoms with Crippen LogP contribution in [0.4, 0.5) is 0 Å². The van der Waals surface area contributed by atoms with Crippen LogP contribution in [0.25, 0.3) is 0 Å². The lowest BCUT2D eigenvalue weighted by molar-refractivity contribution is -0.187. The minimum atomic E-state index is -1.44. The van der Waals surface area contributed by atoms with Crippen molar-refractivity contribution in [1.29, 1.82) is 0 Å². The molecule has 1 atom stereocenters. The number of aliphatic carboxylic acids is 1. The summed E-state index contributed by atoms with van der Waals surface area (Å²) in [6.45, 7) is 9.64. The number of hydrogen-bond donors (Lipinski definition) is 1. The van der Waals surface area contributed by atoms with Crippen LogP contribution in [0.5, 0.6) is 0 Å². The molecule has 1 unspecified atom stereocenters. The minimum absolute atomic E-state index is 0.0259. The van der Waals surface area contributed by atoms with Crippen LogP contribution in [-0.4, -0.2) is 34.9 Å². The number of carbonyl (C=O) groups excluding carboxylic acids is 1. The Hall–Kier alpha value is -1.88. The van der Waals surface area contributed by atoms with Gasteiger partial charge >= 0.3 is 11.9 Å². The van der Waals surface area contributed by atoms with Crippen LogP contribution in [0.2, 0.25) is 0 Å². The summed E-state index contributed by atoms with van der Waals surface area (Å²) < 4.78 is 11.4. The van der Waals surface area contributed by atoms with Gasteiger partial charge in [0.2, 0.25) is 5.60 Å². The van der Waals surface area contributed by atoms with Crippen molar-refractivity contribution in [3.63, 3.8) is 0 Å². The summed E-state index contributed by atoms with van der Waals surface area (Å²) in [4.78, 5) is 24.6. The molecule has 0 heterocycles. The van der Waals surface area contributed by atoms with E-state index in [0.29, 0.717) is 12.8 Å². The van der Waals surface area contributed by atoms with Gasteiger partial charge in [-0.25, -0.2) is 4.79 Å². The molecule has 5 heteroatoms. The second-order valence-corrected chi connectivity index (χ2v) is 7.69. The molecule has 0 aliphatic heterocycles. The predicted molar refractivity (Wildman–Crippen MR) is 99.3 cm³/mol. The maximum Gasteiger partial charge on any atom is 0.348 e. The van der Waals surface area contributed by atoms with Crippen LogP contribution in [0, 0.1) is 13.8 Å². The molecule has 0 bridgehead atoms. The lowest BCUT2D eigenvalue weighted by Gasteiger charge is -2.37. The first-order valence-electron chi connectivity index (χ1n) is 9.33. The van der Waals surface area contributed by atoms with E-state index in [9.17, 15) is 14.7 Å². The Labute approximate surface area is 155 Å². The Morgan fingerprint density at radius 2 is 1.77 bits per heavy atom. The normalized spacial score (nSPS) is 24.3. The van der Waals surface area contributed by atoms with Crippen LogP contribution in [0.15, 0.2) is 18.2 Å². The largest absolute Gasteiger partial charge is 0.478 e. The van der Waals surface area contributed by atoms with E-state index in [0.717, 1.165) is 16.7 Å². The smallest absolute Gasteiger partial charge is 0.348 e. The number of carboxylic acid groups (broad SMARTS) is 1. The Morgan fingerprint density at radius 1 is 1.15 bits per heavy atom. The minimum Gasteiger partial charge on any atom is -0.478 e. The second-order valence-electron chi connectivity index (χ2n) is 7.69. The average Bonchev–Trinajstić information content (AvgIpc) is 2.55. The van der Waals surface area contributed by atoms with Gasteiger partial charge in [0.25, 0.3) is 0 Å². The van der Waals surface area contributed by atoms with Gasteiger partial charge < -0.3 is 14.6 Å². The number of benzene rings is 1. The zero-order chi connectivity index (χ0) is 19.5. The highest BCUT2D eigenvalue weighted by atomic mass is 16.6. The number of rotatable bonds is 6. The molecule has 1 N–H and O–H groups in total. The molecule has 26 heavy (non-hydrogen) atoms. The van der Waals surface area contributed by atoms with Crippen molar-refractivity contribution in [2.24, 2.45) is 0 Å². The monoisotopic (exact) mass is 362 g/mol. The number of ether oxygens (including phenoxy) is 2. The van der Waals surface area contributed by atoms with Crippen LogP contribution >= 0.6 is 0 Å². The lowest BCUT2D eigenvalue weighted by Crippen LogP contribution is -2.48. The van der Waals surface area contributed by atoms with E-state index in [4.69, 9.17) is 9.47 Å². The molecule has 0 radical (unpaired) electrons. The van der Waals surface area contributed by atoms with Gasteiger partial charge in [-0.2, -0.15) is 0 Å². The van der Waals surface area contributed by atoms with Gasteiger partial charge in [0, 0.05) is 12.8 Å². The van der Waals surface area contributed by atoms with E-state index < -0.39 is 23.5 Å². The topological polar surface area (TPSA) is 72.8 Å². The lowest BCUT2D eigenvalue weighted by atomic mass is 9.82. The molecule has 0 spiro atoms. The first kappa shape index (κ1) is 20.4. The third-order valence-electron chi connectivity index (χ3n) is 5.14. The summed E-state index contributed by atoms with van der Waals surface area (Å²) in [6, 6.07) is 5.88. The van der Waals surface area contributed by atoms with Crippen molar-refractivity contribution in [1.82, 2.24) is 0 Å². The van der Waals surface area contributed by atoms with E-state index in [-0.39, 0.29) is 25.0 Å². The second kappa shape index (κ2) is 8.21. The molecule has 0 saturated heterocycles. The van der Waals surface area contributed by atoms with Crippen molar-refractivity contribution in [3.8, 4) is 0 Å². The van der Waals surface area contributed by atoms with Gasteiger partial charge in [-0.05, 0) is 58.6 Å². The molecule has 0 amide bonds. The first-order chi connectivity index (χ1) is 12.1. The molecule has 2 rings (SSSR count). The molecule has 1 aromatic carbocycles. The van der Waals surface area contributed by atoms with E-state index in [2.05, 4.69) is 0 Å². The fourth-order valence-corrected chi connectivity index (χ4v) is 3.66. The summed E-state index contributed by atoms with van der Waals surface area (Å²) in [6.07, 6.45) is 1.85. The molecule has 0 aromatic heterocycles. The van der Waals surface area contributed by atoms with Gasteiger partial charge in [-0.1, -0.05) is 23.8 Å². The van der Waals surface area contributed by atoms with Crippen LogP contribution in [0.3, 0.4) is 0 Å². The number of esters is 1. The third kappa shape index (κ3) is 4.64. The van der Waals surface area contributed by atoms with Crippen LogP contribution in [0.1, 0.15) is 69.1 Å². The summed E-state index contributed by atoms with van der Waals surface area (Å²) in [5.41, 5.74) is 1.56. The highest BCUT2D eigenvalue weighted by Crippen LogP contribution is 2.36. The van der Waals surface area contributed by atoms with Crippen molar-refractivity contribution >= 4 is 11.9 Å².